The van der Waals surface area contributed by atoms with Gasteiger partial charge in [-0.2, -0.15) is 0 Å². The third-order valence-electron chi connectivity index (χ3n) is 13.4. The van der Waals surface area contributed by atoms with Crippen LogP contribution >= 0.6 is 0 Å². The van der Waals surface area contributed by atoms with Crippen molar-refractivity contribution < 1.29 is 134 Å². The monoisotopic (exact) mass is 1330 g/mol. The van der Waals surface area contributed by atoms with E-state index in [1.807, 2.05) is 0 Å². The van der Waals surface area contributed by atoms with Crippen molar-refractivity contribution in [1.29, 1.82) is 0 Å². The van der Waals surface area contributed by atoms with Crippen LogP contribution in [0.25, 0.3) is 0 Å². The first-order chi connectivity index (χ1) is 44.7. The second-order valence-electron chi connectivity index (χ2n) is 20.8. The zero-order valence-electron chi connectivity index (χ0n) is 52.1. The number of carbonyl (C=O) groups excluding carboxylic acids is 16. The zero-order valence-corrected chi connectivity index (χ0v) is 52.1. The van der Waals surface area contributed by atoms with Gasteiger partial charge in [0.2, 0.25) is 23.6 Å². The van der Waals surface area contributed by atoms with Crippen LogP contribution in [0, 0.1) is 0 Å². The van der Waals surface area contributed by atoms with Gasteiger partial charge in [-0.3, -0.25) is 57.5 Å². The summed E-state index contributed by atoms with van der Waals surface area (Å²) in [6.07, 6.45) is -3.40. The van der Waals surface area contributed by atoms with E-state index in [2.05, 4.69) is 21.3 Å². The van der Waals surface area contributed by atoms with Gasteiger partial charge in [0, 0.05) is 129 Å². The molecule has 0 bridgehead atoms. The van der Waals surface area contributed by atoms with E-state index in [4.69, 9.17) is 57.2 Å². The fourth-order valence-corrected chi connectivity index (χ4v) is 8.60. The molecule has 36 heteroatoms. The van der Waals surface area contributed by atoms with E-state index < -0.39 is 89.4 Å². The molecule has 0 aliphatic carbocycles. The Bertz CT molecular complexity index is 2510. The molecule has 0 radical (unpaired) electrons. The van der Waals surface area contributed by atoms with Crippen molar-refractivity contribution >= 4 is 94.8 Å². The maximum absolute atomic E-state index is 12.4. The number of amides is 12. The number of hydrogen-bond acceptors (Lipinski definition) is 28. The highest BCUT2D eigenvalue weighted by Gasteiger charge is 2.36. The first-order valence-electron chi connectivity index (χ1n) is 30.8. The van der Waals surface area contributed by atoms with Gasteiger partial charge in [-0.05, 0) is 32.6 Å². The number of imide groups is 4. The number of rotatable bonds is 51. The summed E-state index contributed by atoms with van der Waals surface area (Å²) in [4.78, 5) is 211. The molecule has 93 heavy (non-hydrogen) atoms. The molecule has 4 rings (SSSR count). The lowest BCUT2D eigenvalue weighted by atomic mass is 10.1. The topological polar surface area (TPSA) is 445 Å². The molecule has 0 aromatic rings. The molecule has 4 N–H and O–H groups in total. The summed E-state index contributed by atoms with van der Waals surface area (Å²) in [5.74, 6) is -9.73. The fraction of sp³-hybridized carbons (Fsp3) is 0.719. The molecular formula is C57H84N8O28. The summed E-state index contributed by atoms with van der Waals surface area (Å²) in [6, 6.07) is 0. The van der Waals surface area contributed by atoms with Gasteiger partial charge < -0.3 is 78.5 Å². The number of hydrogen-bond donors (Lipinski definition) is 4. The van der Waals surface area contributed by atoms with Crippen molar-refractivity contribution in [2.45, 2.75) is 154 Å². The van der Waals surface area contributed by atoms with Crippen LogP contribution in [0.3, 0.4) is 0 Å². The number of carbonyl (C=O) groups is 16. The van der Waals surface area contributed by atoms with Crippen LogP contribution in [0.5, 0.6) is 0 Å². The predicted octanol–water partition coefficient (Wildman–Crippen LogP) is -2.18. The fourth-order valence-electron chi connectivity index (χ4n) is 8.60. The van der Waals surface area contributed by atoms with Crippen LogP contribution in [0.15, 0.2) is 0 Å². The smallest absolute Gasteiger partial charge is 0.333 e. The molecule has 4 fully saturated rings. The largest absolute Gasteiger partial charge is 0.377 e. The number of nitrogens with zero attached hydrogens (tertiary/aromatic N) is 4. The van der Waals surface area contributed by atoms with Gasteiger partial charge in [0.15, 0.2) is 0 Å². The van der Waals surface area contributed by atoms with Crippen molar-refractivity contribution in [3.8, 4) is 0 Å². The van der Waals surface area contributed by atoms with E-state index in [9.17, 15) is 76.7 Å². The third-order valence-corrected chi connectivity index (χ3v) is 13.4. The van der Waals surface area contributed by atoms with Gasteiger partial charge in [0.05, 0.1) is 92.0 Å². The normalized spacial score (nSPS) is 15.8. The van der Waals surface area contributed by atoms with Crippen molar-refractivity contribution in [2.24, 2.45) is 0 Å². The molecule has 4 saturated heterocycles. The van der Waals surface area contributed by atoms with E-state index in [1.165, 1.54) is 0 Å². The minimum Gasteiger partial charge on any atom is -0.377 e. The second kappa shape index (κ2) is 44.5. The van der Waals surface area contributed by atoms with Crippen molar-refractivity contribution in [2.75, 3.05) is 112 Å². The van der Waals surface area contributed by atoms with E-state index in [0.717, 1.165) is 0 Å². The summed E-state index contributed by atoms with van der Waals surface area (Å²) >= 11 is 0. The van der Waals surface area contributed by atoms with Gasteiger partial charge >= 0.3 is 23.9 Å². The highest BCUT2D eigenvalue weighted by molar-refractivity contribution is 6.03. The Morgan fingerprint density at radius 1 is 0.323 bits per heavy atom. The lowest BCUT2D eigenvalue weighted by Gasteiger charge is -2.32. The molecule has 520 valence electrons. The van der Waals surface area contributed by atoms with Gasteiger partial charge in [-0.15, -0.1) is 20.3 Å². The third kappa shape index (κ3) is 31.9. The first-order valence-corrected chi connectivity index (χ1v) is 30.8. The van der Waals surface area contributed by atoms with Crippen LogP contribution in [0.4, 0.5) is 0 Å². The quantitative estimate of drug-likeness (QED) is 0.0371. The van der Waals surface area contributed by atoms with Crippen LogP contribution in [0.2, 0.25) is 0 Å². The van der Waals surface area contributed by atoms with Crippen molar-refractivity contribution in [1.82, 2.24) is 41.5 Å². The molecule has 4 aliphatic rings. The predicted molar refractivity (Wildman–Crippen MR) is 305 cm³/mol. The number of ether oxygens (including phenoxy) is 8. The average molecular weight is 1330 g/mol. The van der Waals surface area contributed by atoms with Gasteiger partial charge in [-0.25, -0.2) is 19.2 Å². The van der Waals surface area contributed by atoms with Gasteiger partial charge in [0.1, 0.15) is 12.2 Å². The Kier molecular flexibility index (Phi) is 37.1. The molecule has 3 atom stereocenters. The molecular weight excluding hydrogens is 1240 g/mol. The highest BCUT2D eigenvalue weighted by Crippen LogP contribution is 2.18. The van der Waals surface area contributed by atoms with E-state index >= 15 is 0 Å². The SMILES string of the molecule is CC(OCCOCCNC(=O)CCCC(=O)ON1C(=O)CCC1=O)C(OCCOCCNC(=O)CCCC(=O)ON1C(=O)CCC1=O)C(COCCOCCNC(=O)CCCC(=O)ON1C(=O)CCC1=O)OCCOCCNC(=O)CCCC(=O)ON1C(=O)CCC1=O. The maximum atomic E-state index is 12.4. The summed E-state index contributed by atoms with van der Waals surface area (Å²) in [5, 5.41) is 12.4. The zero-order chi connectivity index (χ0) is 67.8. The van der Waals surface area contributed by atoms with E-state index in [0.29, 0.717) is 20.3 Å². The Hall–Kier alpha value is -8.00. The Balaban J connectivity index is 1.24. The van der Waals surface area contributed by atoms with E-state index in [1.54, 1.807) is 6.92 Å². The molecule has 0 aromatic heterocycles. The lowest BCUT2D eigenvalue weighted by molar-refractivity contribution is -0.197. The average Bonchev–Trinajstić information content (AvgIpc) is 1.96. The van der Waals surface area contributed by atoms with Crippen LogP contribution in [-0.2, 0) is 134 Å². The van der Waals surface area contributed by atoms with Crippen LogP contribution in [0.1, 0.15) is 135 Å². The summed E-state index contributed by atoms with van der Waals surface area (Å²) in [6.45, 7) is 2.71. The Morgan fingerprint density at radius 3 is 0.860 bits per heavy atom. The van der Waals surface area contributed by atoms with Crippen molar-refractivity contribution in [3.05, 3.63) is 0 Å². The molecule has 36 nitrogen and oxygen atoms in total. The second-order valence-corrected chi connectivity index (χ2v) is 20.8. The lowest BCUT2D eigenvalue weighted by Crippen LogP contribution is -2.45. The Morgan fingerprint density at radius 2 is 0.570 bits per heavy atom. The maximum Gasteiger partial charge on any atom is 0.333 e. The molecule has 12 amide bonds. The number of hydroxylamine groups is 8. The molecule has 4 heterocycles. The molecule has 0 saturated carbocycles. The van der Waals surface area contributed by atoms with Crippen molar-refractivity contribution in [3.63, 3.8) is 0 Å². The number of nitrogens with one attached hydrogen (secondary N) is 4. The van der Waals surface area contributed by atoms with E-state index in [-0.39, 0.29) is 264 Å². The molecule has 0 spiro atoms. The minimum absolute atomic E-state index is 0.0113. The van der Waals surface area contributed by atoms with Crippen LogP contribution in [-0.4, -0.2) is 245 Å². The van der Waals surface area contributed by atoms with Crippen LogP contribution < -0.4 is 21.3 Å². The summed E-state index contributed by atoms with van der Waals surface area (Å²) < 4.78 is 47.4. The van der Waals surface area contributed by atoms with Gasteiger partial charge in [0.25, 0.3) is 47.3 Å². The first kappa shape index (κ1) is 77.4. The Labute approximate surface area is 534 Å². The summed E-state index contributed by atoms with van der Waals surface area (Å²) in [7, 11) is 0. The molecule has 3 unspecified atom stereocenters. The molecule has 0 aromatic carbocycles. The minimum atomic E-state index is -0.856. The standard InChI is InChI=1S/C57H84N8O28/c1-39(87-35-32-83-27-23-59-42(67)7-3-11-54(79)91-63-47(72)16-17-48(63)73)57(89-37-34-85-29-25-61-44(69)9-5-13-56(81)93-65-51(76)20-21-52(65)77)40(88-36-33-84-28-24-60-43(68)8-4-12-55(80)92-64-49(74)18-19-50(64)75)38-86-31-30-82-26-22-58-41(66)6-2-10-53(78)90-62-45(70)14-15-46(62)71/h39-40,57H,2-38H2,1H3,(H,58,66)(H,59,67)(H,60,68)(H,61,69). The van der Waals surface area contributed by atoms with Gasteiger partial charge in [-0.1, -0.05) is 0 Å². The molecule has 4 aliphatic heterocycles. The summed E-state index contributed by atoms with van der Waals surface area (Å²) in [5.41, 5.74) is 0. The highest BCUT2D eigenvalue weighted by atomic mass is 16.7.